The van der Waals surface area contributed by atoms with Crippen molar-refractivity contribution < 1.29 is 37.6 Å². The Balaban J connectivity index is 2.75. The molecule has 0 amide bonds. The number of aryl methyl sites for hydroxylation is 1. The van der Waals surface area contributed by atoms with Crippen molar-refractivity contribution in [2.24, 2.45) is 0 Å². The van der Waals surface area contributed by atoms with Crippen LogP contribution in [0.25, 0.3) is 0 Å². The fourth-order valence-corrected chi connectivity index (χ4v) is 5.01. The molecule has 1 aromatic rings. The van der Waals surface area contributed by atoms with E-state index in [0.717, 1.165) is 8.64 Å². The Morgan fingerprint density at radius 3 is 2.85 bits per heavy atom. The minimum absolute atomic E-state index is 0.248. The molecule has 0 heterocycles. The Hall–Kier alpha value is -0.575. The van der Waals surface area contributed by atoms with Gasteiger partial charge in [-0.2, -0.15) is 0 Å². The van der Waals surface area contributed by atoms with Gasteiger partial charge in [-0.05, 0) is 0 Å². The molecule has 66 valence electrons. The maximum atomic E-state index is 10.6. The van der Waals surface area contributed by atoms with Crippen molar-refractivity contribution in [3.05, 3.63) is 23.8 Å². The summed E-state index contributed by atoms with van der Waals surface area (Å²) in [6, 6.07) is 5.37. The summed E-state index contributed by atoms with van der Waals surface area (Å²) in [5.41, 5.74) is 1.08. The van der Waals surface area contributed by atoms with Gasteiger partial charge in [0.15, 0.2) is 0 Å². The summed E-state index contributed by atoms with van der Waals surface area (Å²) in [5.74, 6) is 0.0103. The first-order valence-electron chi connectivity index (χ1n) is 4.01. The third-order valence-electron chi connectivity index (χ3n) is 1.67. The molecule has 0 aliphatic rings. The van der Waals surface area contributed by atoms with Crippen molar-refractivity contribution in [2.75, 3.05) is 0 Å². The van der Waals surface area contributed by atoms with Crippen LogP contribution in [0.2, 0.25) is 0 Å². The van der Waals surface area contributed by atoms with Crippen molar-refractivity contribution >= 4 is 9.04 Å². The van der Waals surface area contributed by atoms with E-state index in [4.69, 9.17) is 2.64 Å². The molecular formula is C9H10HgO3. The first-order chi connectivity index (χ1) is 6.09. The molecule has 0 unspecified atom stereocenters. The molecule has 0 radical (unpaired) electrons. The van der Waals surface area contributed by atoms with Crippen LogP contribution in [0.3, 0.4) is 0 Å². The molecule has 1 rings (SSSR count). The summed E-state index contributed by atoms with van der Waals surface area (Å²) in [4.78, 5) is 10.6. The fourth-order valence-electron chi connectivity index (χ4n) is 1.01. The van der Waals surface area contributed by atoms with Crippen LogP contribution in [0.4, 0.5) is 0 Å². The molecular weight excluding hydrogens is 357 g/mol. The van der Waals surface area contributed by atoms with E-state index in [2.05, 4.69) is 0 Å². The van der Waals surface area contributed by atoms with E-state index in [-0.39, 0.29) is 11.7 Å². The van der Waals surface area contributed by atoms with Gasteiger partial charge < -0.3 is 0 Å². The number of hydrogen-bond acceptors (Lipinski definition) is 3. The quantitative estimate of drug-likeness (QED) is 0.791. The van der Waals surface area contributed by atoms with Gasteiger partial charge in [0.25, 0.3) is 0 Å². The van der Waals surface area contributed by atoms with Crippen LogP contribution in [0.1, 0.15) is 12.5 Å². The van der Waals surface area contributed by atoms with E-state index in [1.807, 2.05) is 19.1 Å². The van der Waals surface area contributed by atoms with E-state index in [1.165, 1.54) is 6.92 Å². The molecule has 0 aromatic heterocycles. The van der Waals surface area contributed by atoms with E-state index in [0.29, 0.717) is 0 Å². The van der Waals surface area contributed by atoms with E-state index < -0.39 is 25.0 Å². The first kappa shape index (κ1) is 10.5. The Labute approximate surface area is 89.8 Å². The molecule has 0 saturated heterocycles. The fraction of sp³-hybridized carbons (Fsp3) is 0.222. The molecule has 0 saturated carbocycles. The Kier molecular flexibility index (Phi) is 3.72. The second kappa shape index (κ2) is 4.60. The molecule has 1 aromatic carbocycles. The van der Waals surface area contributed by atoms with Gasteiger partial charge in [-0.25, -0.2) is 0 Å². The predicted octanol–water partition coefficient (Wildman–Crippen LogP) is 0.887. The normalized spacial score (nSPS) is 9.08. The average Bonchev–Trinajstić information content (AvgIpc) is 2.06. The van der Waals surface area contributed by atoms with Gasteiger partial charge in [0.05, 0.1) is 0 Å². The van der Waals surface area contributed by atoms with Crippen molar-refractivity contribution in [1.29, 1.82) is 0 Å². The van der Waals surface area contributed by atoms with Gasteiger partial charge in [0.1, 0.15) is 0 Å². The van der Waals surface area contributed by atoms with E-state index in [9.17, 15) is 9.90 Å². The zero-order chi connectivity index (χ0) is 9.84. The van der Waals surface area contributed by atoms with Crippen LogP contribution < -0.4 is 3.07 Å². The average molecular weight is 367 g/mol. The molecule has 0 bridgehead atoms. The number of carbonyl (C=O) groups excluding carboxylic acids is 1. The number of carbonyl (C=O) groups is 1. The molecule has 4 heteroatoms. The van der Waals surface area contributed by atoms with Crippen molar-refractivity contribution in [3.8, 4) is 5.75 Å². The summed E-state index contributed by atoms with van der Waals surface area (Å²) in [6.07, 6.45) is 0. The number of rotatable bonds is 2. The van der Waals surface area contributed by atoms with Crippen LogP contribution >= 0.6 is 0 Å². The maximum absolute atomic E-state index is 10.6. The van der Waals surface area contributed by atoms with Crippen LogP contribution in [-0.4, -0.2) is 11.1 Å². The summed E-state index contributed by atoms with van der Waals surface area (Å²) in [7, 11) is 0. The van der Waals surface area contributed by atoms with Gasteiger partial charge in [-0.3, -0.25) is 0 Å². The van der Waals surface area contributed by atoms with Gasteiger partial charge in [0.2, 0.25) is 0 Å². The monoisotopic (exact) mass is 368 g/mol. The first-order valence-corrected chi connectivity index (χ1v) is 9.01. The van der Waals surface area contributed by atoms with E-state index in [1.54, 1.807) is 6.07 Å². The molecule has 0 atom stereocenters. The molecule has 3 nitrogen and oxygen atoms in total. The molecule has 0 aliphatic heterocycles. The number of benzene rings is 1. The third kappa shape index (κ3) is 3.34. The van der Waals surface area contributed by atoms with Crippen molar-refractivity contribution in [3.63, 3.8) is 0 Å². The van der Waals surface area contributed by atoms with Crippen molar-refractivity contribution in [2.45, 2.75) is 13.8 Å². The number of phenolic OH excluding ortho intramolecular Hbond substituents is 1. The number of aromatic hydroxyl groups is 1. The number of hydrogen-bond donors (Lipinski definition) is 1. The zero-order valence-corrected chi connectivity index (χ0v) is 13.2. The van der Waals surface area contributed by atoms with Gasteiger partial charge in [-0.15, -0.1) is 0 Å². The summed E-state index contributed by atoms with van der Waals surface area (Å²) >= 11 is -1.85. The van der Waals surface area contributed by atoms with Gasteiger partial charge in [-0.1, -0.05) is 0 Å². The molecule has 1 N–H and O–H groups in total. The second-order valence-corrected chi connectivity index (χ2v) is 8.12. The molecule has 0 spiro atoms. The van der Waals surface area contributed by atoms with Crippen LogP contribution in [0.5, 0.6) is 5.75 Å². The van der Waals surface area contributed by atoms with Gasteiger partial charge in [0, 0.05) is 0 Å². The molecule has 13 heavy (non-hydrogen) atoms. The molecule has 0 aliphatic carbocycles. The Morgan fingerprint density at radius 1 is 1.54 bits per heavy atom. The van der Waals surface area contributed by atoms with Crippen molar-refractivity contribution in [1.82, 2.24) is 0 Å². The zero-order valence-electron chi connectivity index (χ0n) is 7.70. The topological polar surface area (TPSA) is 46.5 Å². The summed E-state index contributed by atoms with van der Waals surface area (Å²) in [5, 5.41) is 9.41. The minimum atomic E-state index is -1.85. The van der Waals surface area contributed by atoms with Crippen LogP contribution in [0.15, 0.2) is 18.2 Å². The van der Waals surface area contributed by atoms with Gasteiger partial charge >= 0.3 is 90.0 Å². The molecule has 0 fully saturated rings. The van der Waals surface area contributed by atoms with Crippen LogP contribution in [-0.2, 0) is 32.5 Å². The number of phenols is 1. The summed E-state index contributed by atoms with van der Waals surface area (Å²) in [6.45, 7) is 3.34. The SMILES string of the molecule is CC(=O)[O][Hg][c]1cc(C)ccc1O. The third-order valence-corrected chi connectivity index (χ3v) is 7.22. The standard InChI is InChI=1S/C7H7O.C2H4O2.Hg/c1-6-2-4-7(8)5-3-6;1-2(3)4;/h2-4,8H,1H3;1H3,(H,3,4);/q;;+1/p-1. The predicted molar refractivity (Wildman–Crippen MR) is 44.2 cm³/mol. The Morgan fingerprint density at radius 2 is 2.23 bits per heavy atom. The second-order valence-electron chi connectivity index (χ2n) is 2.91. The van der Waals surface area contributed by atoms with E-state index >= 15 is 0 Å². The van der Waals surface area contributed by atoms with Crippen LogP contribution in [0, 0.1) is 6.92 Å². The summed E-state index contributed by atoms with van der Waals surface area (Å²) < 4.78 is 5.84. The Bertz CT molecular complexity index is 323.